The van der Waals surface area contributed by atoms with Crippen molar-refractivity contribution in [2.45, 2.75) is 59.7 Å². The molecule has 0 aliphatic rings. The van der Waals surface area contributed by atoms with Crippen LogP contribution in [0, 0.1) is 26.7 Å². The number of ether oxygens (including phenoxy) is 3. The number of hydrogen-bond donors (Lipinski definition) is 0. The van der Waals surface area contributed by atoms with E-state index < -0.39 is 35.0 Å². The van der Waals surface area contributed by atoms with E-state index in [-0.39, 0.29) is 6.61 Å². The van der Waals surface area contributed by atoms with Crippen LogP contribution in [-0.4, -0.2) is 35.7 Å². The minimum Gasteiger partial charge on any atom is -0.461 e. The zero-order valence-corrected chi connectivity index (χ0v) is 23.2. The lowest BCUT2D eigenvalue weighted by Gasteiger charge is -2.42. The molecule has 0 fully saturated rings. The van der Waals surface area contributed by atoms with Crippen molar-refractivity contribution in [1.29, 1.82) is 0 Å². The van der Waals surface area contributed by atoms with Crippen molar-refractivity contribution in [3.8, 4) is 0 Å². The van der Waals surface area contributed by atoms with E-state index in [0.29, 0.717) is 16.7 Å². The van der Waals surface area contributed by atoms with E-state index in [0.717, 1.165) is 16.7 Å². The van der Waals surface area contributed by atoms with Gasteiger partial charge >= 0.3 is 17.9 Å². The van der Waals surface area contributed by atoms with Crippen molar-refractivity contribution in [3.05, 3.63) is 106 Å². The van der Waals surface area contributed by atoms with Crippen LogP contribution in [0.2, 0.25) is 0 Å². The van der Waals surface area contributed by atoms with Gasteiger partial charge in [-0.2, -0.15) is 0 Å². The van der Waals surface area contributed by atoms with Crippen LogP contribution < -0.4 is 0 Å². The largest absolute Gasteiger partial charge is 0.461 e. The van der Waals surface area contributed by atoms with Gasteiger partial charge in [-0.05, 0) is 84.9 Å². The summed E-state index contributed by atoms with van der Waals surface area (Å²) in [5.41, 5.74) is 1.91. The molecule has 0 N–H and O–H groups in total. The third-order valence-electron chi connectivity index (χ3n) is 6.63. The highest BCUT2D eigenvalue weighted by atomic mass is 16.6. The van der Waals surface area contributed by atoms with Crippen molar-refractivity contribution in [2.24, 2.45) is 5.92 Å². The second-order valence-electron chi connectivity index (χ2n) is 10.7. The predicted octanol–water partition coefficient (Wildman–Crippen LogP) is 6.66. The van der Waals surface area contributed by atoms with Crippen molar-refractivity contribution in [3.63, 3.8) is 0 Å². The highest BCUT2D eigenvalue weighted by Gasteiger charge is 2.47. The average Bonchev–Trinajstić information content (AvgIpc) is 2.84. The van der Waals surface area contributed by atoms with E-state index in [1.165, 1.54) is 0 Å². The number of carbonyl (C=O) groups excluding carboxylic acids is 3. The lowest BCUT2D eigenvalue weighted by molar-refractivity contribution is -0.122. The third kappa shape index (κ3) is 7.31. The number of carbonyl (C=O) groups is 3. The minimum absolute atomic E-state index is 0.144. The van der Waals surface area contributed by atoms with Gasteiger partial charge in [-0.25, -0.2) is 14.4 Å². The SMILES string of the molecule is Cc1ccc(C(=O)OCC(C(C)(C)OC(=O)c2ccc(C)cc2)C(C)(C)OC(=O)c2ccc(C)cc2)cc1. The second-order valence-corrected chi connectivity index (χ2v) is 10.7. The average molecular weight is 517 g/mol. The Hall–Kier alpha value is -3.93. The summed E-state index contributed by atoms with van der Waals surface area (Å²) >= 11 is 0. The first-order chi connectivity index (χ1) is 17.8. The first-order valence-electron chi connectivity index (χ1n) is 12.6. The van der Waals surface area contributed by atoms with E-state index in [4.69, 9.17) is 14.2 Å². The highest BCUT2D eigenvalue weighted by Crippen LogP contribution is 2.36. The molecule has 0 unspecified atom stereocenters. The van der Waals surface area contributed by atoms with E-state index >= 15 is 0 Å². The molecule has 38 heavy (non-hydrogen) atoms. The molecule has 0 saturated carbocycles. The quantitative estimate of drug-likeness (QED) is 0.234. The Morgan fingerprint density at radius 2 is 0.842 bits per heavy atom. The maximum absolute atomic E-state index is 13.0. The fourth-order valence-electron chi connectivity index (χ4n) is 4.29. The monoisotopic (exact) mass is 516 g/mol. The van der Waals surface area contributed by atoms with E-state index in [1.807, 2.05) is 57.2 Å². The number of esters is 3. The Labute approximate surface area is 224 Å². The molecule has 200 valence electrons. The van der Waals surface area contributed by atoms with Crippen LogP contribution in [0.4, 0.5) is 0 Å². The van der Waals surface area contributed by atoms with Crippen molar-refractivity contribution < 1.29 is 28.6 Å². The Morgan fingerprint density at radius 3 is 1.16 bits per heavy atom. The molecular formula is C32H36O6. The van der Waals surface area contributed by atoms with Crippen LogP contribution in [-0.2, 0) is 14.2 Å². The summed E-state index contributed by atoms with van der Waals surface area (Å²) in [6.45, 7) is 12.6. The summed E-state index contributed by atoms with van der Waals surface area (Å²) in [5, 5.41) is 0. The van der Waals surface area contributed by atoms with Crippen molar-refractivity contribution >= 4 is 17.9 Å². The van der Waals surface area contributed by atoms with Crippen LogP contribution in [0.1, 0.15) is 75.5 Å². The van der Waals surface area contributed by atoms with E-state index in [1.54, 1.807) is 64.1 Å². The molecule has 3 aromatic carbocycles. The molecule has 0 heterocycles. The van der Waals surface area contributed by atoms with Gasteiger partial charge in [0.05, 0.1) is 22.6 Å². The Balaban J connectivity index is 1.86. The molecule has 0 radical (unpaired) electrons. The van der Waals surface area contributed by atoms with Crippen LogP contribution in [0.15, 0.2) is 72.8 Å². The fraction of sp³-hybridized carbons (Fsp3) is 0.344. The van der Waals surface area contributed by atoms with Gasteiger partial charge in [-0.15, -0.1) is 0 Å². The maximum Gasteiger partial charge on any atom is 0.338 e. The van der Waals surface area contributed by atoms with Gasteiger partial charge in [0.1, 0.15) is 17.8 Å². The second kappa shape index (κ2) is 11.6. The fourth-order valence-corrected chi connectivity index (χ4v) is 4.29. The molecule has 0 atom stereocenters. The van der Waals surface area contributed by atoms with Gasteiger partial charge < -0.3 is 14.2 Å². The Kier molecular flexibility index (Phi) is 8.77. The molecule has 0 saturated heterocycles. The van der Waals surface area contributed by atoms with Crippen LogP contribution in [0.3, 0.4) is 0 Å². The van der Waals surface area contributed by atoms with Gasteiger partial charge in [0.25, 0.3) is 0 Å². The molecule has 6 nitrogen and oxygen atoms in total. The molecular weight excluding hydrogens is 480 g/mol. The number of aryl methyl sites for hydroxylation is 3. The lowest BCUT2D eigenvalue weighted by Crippen LogP contribution is -2.52. The molecule has 0 spiro atoms. The summed E-state index contributed by atoms with van der Waals surface area (Å²) in [6, 6.07) is 21.2. The highest BCUT2D eigenvalue weighted by molar-refractivity contribution is 5.91. The molecule has 0 aromatic heterocycles. The first kappa shape index (κ1) is 28.6. The normalized spacial score (nSPS) is 11.7. The Bertz CT molecular complexity index is 1200. The number of benzene rings is 3. The summed E-state index contributed by atoms with van der Waals surface area (Å²) < 4.78 is 17.6. The predicted molar refractivity (Wildman–Crippen MR) is 146 cm³/mol. The third-order valence-corrected chi connectivity index (χ3v) is 6.63. The summed E-state index contributed by atoms with van der Waals surface area (Å²) in [6.07, 6.45) is 0. The zero-order valence-electron chi connectivity index (χ0n) is 23.2. The summed E-state index contributed by atoms with van der Waals surface area (Å²) in [5.74, 6) is -2.26. The molecule has 0 aliphatic carbocycles. The molecule has 0 amide bonds. The smallest absolute Gasteiger partial charge is 0.338 e. The maximum atomic E-state index is 13.0. The number of rotatable bonds is 9. The van der Waals surface area contributed by atoms with Gasteiger partial charge in [-0.3, -0.25) is 0 Å². The summed E-state index contributed by atoms with van der Waals surface area (Å²) in [4.78, 5) is 38.9. The van der Waals surface area contributed by atoms with Crippen LogP contribution in [0.25, 0.3) is 0 Å². The topological polar surface area (TPSA) is 78.9 Å². The number of hydrogen-bond acceptors (Lipinski definition) is 6. The first-order valence-corrected chi connectivity index (χ1v) is 12.6. The molecule has 0 aliphatic heterocycles. The molecule has 6 heteroatoms. The molecule has 0 bridgehead atoms. The van der Waals surface area contributed by atoms with Gasteiger partial charge in [0.15, 0.2) is 0 Å². The van der Waals surface area contributed by atoms with E-state index in [9.17, 15) is 14.4 Å². The van der Waals surface area contributed by atoms with Crippen molar-refractivity contribution in [2.75, 3.05) is 6.61 Å². The summed E-state index contributed by atoms with van der Waals surface area (Å²) in [7, 11) is 0. The van der Waals surface area contributed by atoms with Gasteiger partial charge in [-0.1, -0.05) is 53.1 Å². The standard InChI is InChI=1S/C32H36O6/c1-21-8-14-24(15-9-21)28(33)36-20-27(31(4,5)37-29(34)25-16-10-22(2)11-17-25)32(6,7)38-30(35)26-18-12-23(3)13-19-26/h8-19,27H,20H2,1-7H3. The molecule has 3 rings (SSSR count). The van der Waals surface area contributed by atoms with Gasteiger partial charge in [0.2, 0.25) is 0 Å². The zero-order chi connectivity index (χ0) is 28.1. The minimum atomic E-state index is -1.17. The molecule has 3 aromatic rings. The van der Waals surface area contributed by atoms with Crippen LogP contribution >= 0.6 is 0 Å². The van der Waals surface area contributed by atoms with E-state index in [2.05, 4.69) is 0 Å². The van der Waals surface area contributed by atoms with Crippen LogP contribution in [0.5, 0.6) is 0 Å². The van der Waals surface area contributed by atoms with Gasteiger partial charge in [0, 0.05) is 0 Å². The Morgan fingerprint density at radius 1 is 0.553 bits per heavy atom. The van der Waals surface area contributed by atoms with Crippen molar-refractivity contribution in [1.82, 2.24) is 0 Å². The lowest BCUT2D eigenvalue weighted by atomic mass is 9.78.